The highest BCUT2D eigenvalue weighted by Gasteiger charge is 2.46. The van der Waals surface area contributed by atoms with Crippen LogP contribution in [0.25, 0.3) is 5.76 Å². The zero-order valence-corrected chi connectivity index (χ0v) is 19.4. The molecule has 0 bridgehead atoms. The number of carbonyl (C=O) groups is 2. The predicted molar refractivity (Wildman–Crippen MR) is 130 cm³/mol. The van der Waals surface area contributed by atoms with Crippen molar-refractivity contribution in [3.05, 3.63) is 83.4 Å². The van der Waals surface area contributed by atoms with E-state index >= 15 is 0 Å². The quantitative estimate of drug-likeness (QED) is 0.281. The summed E-state index contributed by atoms with van der Waals surface area (Å²) in [5.74, 6) is -0.772. The molecule has 7 nitrogen and oxygen atoms in total. The number of likely N-dealkylation sites (tertiary alicyclic amines) is 1. The highest BCUT2D eigenvalue weighted by atomic mass is 16.5. The average Bonchev–Trinajstić information content (AvgIpc) is 3.12. The van der Waals surface area contributed by atoms with Gasteiger partial charge in [0.15, 0.2) is 0 Å². The fourth-order valence-corrected chi connectivity index (χ4v) is 4.43. The van der Waals surface area contributed by atoms with Crippen molar-refractivity contribution in [2.24, 2.45) is 0 Å². The molecule has 4 rings (SSSR count). The van der Waals surface area contributed by atoms with Crippen LogP contribution >= 0.6 is 0 Å². The number of aliphatic hydroxyl groups excluding tert-OH is 1. The van der Waals surface area contributed by atoms with Gasteiger partial charge in [0, 0.05) is 31.7 Å². The molecule has 1 N–H and O–H groups in total. The monoisotopic (exact) mass is 462 g/mol. The number of ether oxygens (including phenoxy) is 2. The number of aryl methyl sites for hydroxylation is 1. The third-order valence-electron chi connectivity index (χ3n) is 6.22. The van der Waals surface area contributed by atoms with Crippen LogP contribution in [0.15, 0.2) is 66.8 Å². The van der Waals surface area contributed by atoms with Crippen LogP contribution in [0, 0.1) is 6.92 Å². The maximum atomic E-state index is 13.2. The van der Waals surface area contributed by atoms with E-state index in [0.717, 1.165) is 24.2 Å². The van der Waals surface area contributed by atoms with Crippen LogP contribution in [0.4, 0.5) is 0 Å². The summed E-state index contributed by atoms with van der Waals surface area (Å²) in [6.45, 7) is 9.81. The van der Waals surface area contributed by atoms with Gasteiger partial charge in [0.1, 0.15) is 18.1 Å². The summed E-state index contributed by atoms with van der Waals surface area (Å²) in [5.41, 5.74) is 2.17. The Labute approximate surface area is 199 Å². The second-order valence-corrected chi connectivity index (χ2v) is 8.44. The smallest absolute Gasteiger partial charge is 0.295 e. The number of hydrogen-bond acceptors (Lipinski definition) is 6. The number of morpholine rings is 1. The lowest BCUT2D eigenvalue weighted by atomic mass is 9.95. The van der Waals surface area contributed by atoms with Crippen LogP contribution in [0.5, 0.6) is 5.75 Å². The molecule has 178 valence electrons. The van der Waals surface area contributed by atoms with Gasteiger partial charge in [0.2, 0.25) is 0 Å². The number of Topliss-reactive ketones (excluding diaryl/α,β-unsaturated/α-hetero) is 1. The fraction of sp³-hybridized carbons (Fsp3) is 0.333. The minimum atomic E-state index is -0.669. The summed E-state index contributed by atoms with van der Waals surface area (Å²) in [4.78, 5) is 30.1. The molecular weight excluding hydrogens is 432 g/mol. The van der Waals surface area contributed by atoms with Gasteiger partial charge in [-0.2, -0.15) is 0 Å². The van der Waals surface area contributed by atoms with Gasteiger partial charge in [-0.1, -0.05) is 43.0 Å². The van der Waals surface area contributed by atoms with Crippen LogP contribution in [0.2, 0.25) is 0 Å². The molecule has 2 heterocycles. The maximum absolute atomic E-state index is 13.2. The predicted octanol–water partition coefficient (Wildman–Crippen LogP) is 3.31. The number of carbonyl (C=O) groups excluding carboxylic acids is 2. The van der Waals surface area contributed by atoms with Gasteiger partial charge < -0.3 is 19.5 Å². The van der Waals surface area contributed by atoms with E-state index in [-0.39, 0.29) is 11.3 Å². The Hall–Kier alpha value is -3.42. The molecule has 0 saturated carbocycles. The van der Waals surface area contributed by atoms with Crippen molar-refractivity contribution in [1.29, 1.82) is 0 Å². The van der Waals surface area contributed by atoms with Gasteiger partial charge in [-0.3, -0.25) is 14.5 Å². The molecule has 0 aromatic heterocycles. The number of aliphatic hydroxyl groups is 1. The minimum Gasteiger partial charge on any atom is -0.507 e. The third kappa shape index (κ3) is 4.90. The molecule has 2 aromatic rings. The second kappa shape index (κ2) is 10.7. The number of rotatable bonds is 8. The molecule has 2 aliphatic heterocycles. The molecule has 7 heteroatoms. The molecule has 1 atom stereocenters. The zero-order valence-electron chi connectivity index (χ0n) is 19.4. The lowest BCUT2D eigenvalue weighted by Crippen LogP contribution is -2.42. The normalized spacial score (nSPS) is 20.5. The number of benzene rings is 2. The Morgan fingerprint density at radius 1 is 1.15 bits per heavy atom. The van der Waals surface area contributed by atoms with Gasteiger partial charge in [0.25, 0.3) is 11.7 Å². The molecule has 1 unspecified atom stereocenters. The lowest BCUT2D eigenvalue weighted by molar-refractivity contribution is -0.140. The lowest BCUT2D eigenvalue weighted by Gasteiger charge is -2.31. The van der Waals surface area contributed by atoms with Crippen molar-refractivity contribution in [3.63, 3.8) is 0 Å². The number of nitrogens with zero attached hydrogens (tertiary/aromatic N) is 2. The second-order valence-electron chi connectivity index (χ2n) is 8.44. The summed E-state index contributed by atoms with van der Waals surface area (Å²) in [6, 6.07) is 13.9. The Kier molecular flexibility index (Phi) is 7.45. The van der Waals surface area contributed by atoms with Crippen molar-refractivity contribution in [3.8, 4) is 5.75 Å². The average molecular weight is 463 g/mol. The van der Waals surface area contributed by atoms with E-state index < -0.39 is 17.7 Å². The standard InChI is InChI=1S/C27H30N2O5/c1-3-15-34-22-10-9-21(18-19(22)2)25(30)23-24(20-7-5-4-6-8-20)29(27(32)26(23)31)12-11-28-13-16-33-17-14-28/h3-10,18,24,30H,1,11-17H2,2H3. The minimum absolute atomic E-state index is 0.109. The molecule has 0 aliphatic carbocycles. The summed E-state index contributed by atoms with van der Waals surface area (Å²) in [6.07, 6.45) is 1.66. The molecule has 0 radical (unpaired) electrons. The van der Waals surface area contributed by atoms with Crippen LogP contribution in [0.1, 0.15) is 22.7 Å². The van der Waals surface area contributed by atoms with E-state index in [1.54, 1.807) is 29.2 Å². The van der Waals surface area contributed by atoms with E-state index in [1.165, 1.54) is 0 Å². The number of ketones is 1. The topological polar surface area (TPSA) is 79.3 Å². The summed E-state index contributed by atoms with van der Waals surface area (Å²) >= 11 is 0. The first-order valence-corrected chi connectivity index (χ1v) is 11.5. The highest BCUT2D eigenvalue weighted by molar-refractivity contribution is 6.46. The van der Waals surface area contributed by atoms with E-state index in [4.69, 9.17) is 9.47 Å². The summed E-state index contributed by atoms with van der Waals surface area (Å²) < 4.78 is 11.0. The third-order valence-corrected chi connectivity index (χ3v) is 6.22. The molecule has 1 amide bonds. The molecule has 2 fully saturated rings. The van der Waals surface area contributed by atoms with Crippen LogP contribution < -0.4 is 4.74 Å². The van der Waals surface area contributed by atoms with Gasteiger partial charge in [-0.25, -0.2) is 0 Å². The van der Waals surface area contributed by atoms with E-state index in [0.29, 0.717) is 44.2 Å². The number of hydrogen-bond donors (Lipinski definition) is 1. The van der Waals surface area contributed by atoms with Crippen LogP contribution in [-0.4, -0.2) is 72.6 Å². The number of amides is 1. The van der Waals surface area contributed by atoms with Crippen LogP contribution in [0.3, 0.4) is 0 Å². The van der Waals surface area contributed by atoms with Crippen molar-refractivity contribution in [2.75, 3.05) is 46.0 Å². The largest absolute Gasteiger partial charge is 0.507 e. The summed E-state index contributed by atoms with van der Waals surface area (Å²) in [7, 11) is 0. The Bertz CT molecular complexity index is 1090. The first-order valence-electron chi connectivity index (χ1n) is 11.5. The highest BCUT2D eigenvalue weighted by Crippen LogP contribution is 2.39. The molecule has 2 saturated heterocycles. The molecule has 0 spiro atoms. The Balaban J connectivity index is 1.70. The van der Waals surface area contributed by atoms with Gasteiger partial charge in [-0.05, 0) is 36.2 Å². The first-order chi connectivity index (χ1) is 16.5. The van der Waals surface area contributed by atoms with E-state index in [1.807, 2.05) is 37.3 Å². The Morgan fingerprint density at radius 3 is 2.56 bits per heavy atom. The van der Waals surface area contributed by atoms with Gasteiger partial charge in [0.05, 0.1) is 24.8 Å². The van der Waals surface area contributed by atoms with Crippen molar-refractivity contribution < 1.29 is 24.2 Å². The Morgan fingerprint density at radius 2 is 1.88 bits per heavy atom. The first kappa shape index (κ1) is 23.7. The van der Waals surface area contributed by atoms with E-state index in [2.05, 4.69) is 11.5 Å². The van der Waals surface area contributed by atoms with Crippen LogP contribution in [-0.2, 0) is 14.3 Å². The summed E-state index contributed by atoms with van der Waals surface area (Å²) in [5, 5.41) is 11.3. The van der Waals surface area contributed by atoms with Gasteiger partial charge >= 0.3 is 0 Å². The molecule has 34 heavy (non-hydrogen) atoms. The zero-order chi connectivity index (χ0) is 24.1. The van der Waals surface area contributed by atoms with Crippen molar-refractivity contribution in [1.82, 2.24) is 9.80 Å². The maximum Gasteiger partial charge on any atom is 0.295 e. The SMILES string of the molecule is C=CCOc1ccc(C(O)=C2C(=O)C(=O)N(CCN3CCOCC3)C2c2ccccc2)cc1C. The van der Waals surface area contributed by atoms with E-state index in [9.17, 15) is 14.7 Å². The molecule has 2 aromatic carbocycles. The molecular formula is C27H30N2O5. The fourth-order valence-electron chi connectivity index (χ4n) is 4.43. The van der Waals surface area contributed by atoms with Crippen molar-refractivity contribution in [2.45, 2.75) is 13.0 Å². The van der Waals surface area contributed by atoms with Crippen molar-refractivity contribution >= 4 is 17.4 Å². The van der Waals surface area contributed by atoms with Gasteiger partial charge in [-0.15, -0.1) is 0 Å². The molecule has 2 aliphatic rings.